The number of aliphatic hydroxyl groups is 3. The van der Waals surface area contributed by atoms with Gasteiger partial charge in [0.1, 0.15) is 10.4 Å². The molecule has 0 spiro atoms. The van der Waals surface area contributed by atoms with Crippen LogP contribution in [0, 0.1) is 0 Å². The van der Waals surface area contributed by atoms with Crippen molar-refractivity contribution in [3.63, 3.8) is 0 Å². The van der Waals surface area contributed by atoms with Crippen LogP contribution in [0.25, 0.3) is 0 Å². The molecule has 1 heterocycles. The highest BCUT2D eigenvalue weighted by Gasteiger charge is 2.34. The Morgan fingerprint density at radius 2 is 1.79 bits per heavy atom. The first kappa shape index (κ1) is 16.0. The maximum Gasteiger partial charge on any atom is 0.345 e. The average molecular weight is 311 g/mol. The van der Waals surface area contributed by atoms with Gasteiger partial charge in [-0.25, -0.2) is 13.2 Å². The Kier molecular flexibility index (Phi) is 5.01. The Labute approximate surface area is 113 Å². The normalized spacial score (nSPS) is 12.6. The van der Waals surface area contributed by atoms with Crippen molar-refractivity contribution in [1.29, 1.82) is 0 Å². The van der Waals surface area contributed by atoms with Crippen molar-refractivity contribution in [3.8, 4) is 0 Å². The van der Waals surface area contributed by atoms with Gasteiger partial charge in [-0.1, -0.05) is 0 Å². The van der Waals surface area contributed by atoms with Crippen molar-refractivity contribution in [2.24, 2.45) is 0 Å². The third-order valence-corrected chi connectivity index (χ3v) is 4.98. The molecule has 0 amide bonds. The first-order valence-corrected chi connectivity index (χ1v) is 7.35. The third kappa shape index (κ3) is 3.49. The number of carbonyl (C=O) groups is 1. The molecular formula is C9H13NO7S2. The van der Waals surface area contributed by atoms with Gasteiger partial charge in [-0.15, -0.1) is 11.3 Å². The van der Waals surface area contributed by atoms with Gasteiger partial charge in [0.2, 0.25) is 10.0 Å². The number of hydrogen-bond donors (Lipinski definition) is 5. The number of aromatic carboxylic acids is 1. The van der Waals surface area contributed by atoms with Crippen LogP contribution in [0.1, 0.15) is 9.67 Å². The molecule has 0 unspecified atom stereocenters. The second-order valence-corrected chi connectivity index (χ2v) is 6.41. The number of thiophene rings is 1. The molecule has 1 aromatic rings. The number of sulfonamides is 1. The van der Waals surface area contributed by atoms with Gasteiger partial charge in [0.05, 0.1) is 24.7 Å². The van der Waals surface area contributed by atoms with E-state index in [4.69, 9.17) is 20.4 Å². The number of carboxylic acid groups (broad SMARTS) is 1. The maximum absolute atomic E-state index is 11.9. The fourth-order valence-corrected chi connectivity index (χ4v) is 3.65. The summed E-state index contributed by atoms with van der Waals surface area (Å²) in [5, 5.41) is 36.9. The van der Waals surface area contributed by atoms with E-state index in [2.05, 4.69) is 0 Å². The summed E-state index contributed by atoms with van der Waals surface area (Å²) < 4.78 is 25.8. The van der Waals surface area contributed by atoms with Gasteiger partial charge in [-0.2, -0.15) is 4.72 Å². The van der Waals surface area contributed by atoms with E-state index >= 15 is 0 Å². The average Bonchev–Trinajstić information content (AvgIpc) is 2.86. The Morgan fingerprint density at radius 1 is 1.26 bits per heavy atom. The predicted molar refractivity (Wildman–Crippen MR) is 65.6 cm³/mol. The van der Waals surface area contributed by atoms with E-state index < -0.39 is 41.4 Å². The molecule has 1 aromatic heterocycles. The van der Waals surface area contributed by atoms with Gasteiger partial charge < -0.3 is 20.4 Å². The van der Waals surface area contributed by atoms with E-state index in [0.717, 1.165) is 22.8 Å². The first-order chi connectivity index (χ1) is 8.80. The number of carboxylic acids is 1. The number of nitrogens with one attached hydrogen (secondary N) is 1. The minimum atomic E-state index is -4.15. The maximum atomic E-state index is 11.9. The Balaban J connectivity index is 3.06. The van der Waals surface area contributed by atoms with Crippen molar-refractivity contribution in [2.45, 2.75) is 10.4 Å². The van der Waals surface area contributed by atoms with Crippen molar-refractivity contribution >= 4 is 27.3 Å². The summed E-state index contributed by atoms with van der Waals surface area (Å²) in [4.78, 5) is 10.2. The molecule has 108 valence electrons. The van der Waals surface area contributed by atoms with Crippen LogP contribution in [0.5, 0.6) is 0 Å². The highest BCUT2D eigenvalue weighted by molar-refractivity contribution is 7.89. The molecule has 0 radical (unpaired) electrons. The molecule has 0 saturated heterocycles. The number of aliphatic hydroxyl groups excluding tert-OH is 3. The molecule has 0 aliphatic rings. The topological polar surface area (TPSA) is 144 Å². The highest BCUT2D eigenvalue weighted by Crippen LogP contribution is 2.20. The van der Waals surface area contributed by atoms with Crippen molar-refractivity contribution in [1.82, 2.24) is 4.72 Å². The van der Waals surface area contributed by atoms with E-state index in [1.54, 1.807) is 0 Å². The molecule has 0 aliphatic carbocycles. The van der Waals surface area contributed by atoms with Crippen LogP contribution in [-0.4, -0.2) is 60.2 Å². The SMILES string of the molecule is O=C(O)c1cc(S(=O)(=O)NC(CO)(CO)CO)cs1. The van der Waals surface area contributed by atoms with Gasteiger partial charge in [0.25, 0.3) is 0 Å². The zero-order valence-corrected chi connectivity index (χ0v) is 11.2. The molecular weight excluding hydrogens is 298 g/mol. The van der Waals surface area contributed by atoms with Crippen LogP contribution < -0.4 is 4.72 Å². The molecule has 0 atom stereocenters. The van der Waals surface area contributed by atoms with Gasteiger partial charge in [-0.3, -0.25) is 0 Å². The number of hydrogen-bond acceptors (Lipinski definition) is 7. The highest BCUT2D eigenvalue weighted by atomic mass is 32.2. The first-order valence-electron chi connectivity index (χ1n) is 4.98. The molecule has 0 aromatic carbocycles. The minimum Gasteiger partial charge on any atom is -0.477 e. The predicted octanol–water partition coefficient (Wildman–Crippen LogP) is -1.56. The molecule has 5 N–H and O–H groups in total. The smallest absolute Gasteiger partial charge is 0.345 e. The summed E-state index contributed by atoms with van der Waals surface area (Å²) in [6.07, 6.45) is 0. The summed E-state index contributed by atoms with van der Waals surface area (Å²) in [7, 11) is -4.15. The third-order valence-electron chi connectivity index (χ3n) is 2.36. The Morgan fingerprint density at radius 3 is 2.16 bits per heavy atom. The van der Waals surface area contributed by atoms with Crippen LogP contribution in [-0.2, 0) is 10.0 Å². The van der Waals surface area contributed by atoms with E-state index in [9.17, 15) is 13.2 Å². The summed E-state index contributed by atoms with van der Waals surface area (Å²) in [6.45, 7) is -2.43. The van der Waals surface area contributed by atoms with Gasteiger partial charge in [-0.05, 0) is 6.07 Å². The Bertz CT molecular complexity index is 538. The fourth-order valence-electron chi connectivity index (χ4n) is 1.16. The zero-order chi connectivity index (χ0) is 14.7. The van der Waals surface area contributed by atoms with Crippen molar-refractivity contribution in [2.75, 3.05) is 19.8 Å². The lowest BCUT2D eigenvalue weighted by Crippen LogP contribution is -2.56. The zero-order valence-electron chi connectivity index (χ0n) is 9.61. The van der Waals surface area contributed by atoms with Gasteiger partial charge in [0, 0.05) is 5.38 Å². The van der Waals surface area contributed by atoms with Crippen LogP contribution >= 0.6 is 11.3 Å². The van der Waals surface area contributed by atoms with Crippen LogP contribution in [0.3, 0.4) is 0 Å². The molecule has 1 rings (SSSR count). The Hall–Kier alpha value is -1.04. The molecule has 0 bridgehead atoms. The van der Waals surface area contributed by atoms with E-state index in [-0.39, 0.29) is 9.77 Å². The largest absolute Gasteiger partial charge is 0.477 e. The van der Waals surface area contributed by atoms with E-state index in [0.29, 0.717) is 0 Å². The van der Waals surface area contributed by atoms with Gasteiger partial charge in [0.15, 0.2) is 0 Å². The standard InChI is InChI=1S/C9H13NO7S2/c11-3-9(4-12,5-13)10-19(16,17)6-1-7(8(14)15)18-2-6/h1-2,10-13H,3-5H2,(H,14,15). The monoisotopic (exact) mass is 311 g/mol. The molecule has 0 aliphatic heterocycles. The summed E-state index contributed by atoms with van der Waals surface area (Å²) >= 11 is 0.727. The summed E-state index contributed by atoms with van der Waals surface area (Å²) in [6, 6.07) is 0.951. The second-order valence-electron chi connectivity index (χ2n) is 3.81. The van der Waals surface area contributed by atoms with E-state index in [1.807, 2.05) is 4.72 Å². The lowest BCUT2D eigenvalue weighted by Gasteiger charge is -2.27. The summed E-state index contributed by atoms with van der Waals surface area (Å²) in [5.41, 5.74) is -1.80. The van der Waals surface area contributed by atoms with Crippen molar-refractivity contribution in [3.05, 3.63) is 16.3 Å². The number of rotatable bonds is 7. The molecule has 19 heavy (non-hydrogen) atoms. The van der Waals surface area contributed by atoms with Crippen LogP contribution in [0.2, 0.25) is 0 Å². The summed E-state index contributed by atoms with van der Waals surface area (Å²) in [5.74, 6) is -1.26. The molecule has 0 fully saturated rings. The molecule has 10 heteroatoms. The van der Waals surface area contributed by atoms with Crippen LogP contribution in [0.4, 0.5) is 0 Å². The van der Waals surface area contributed by atoms with Gasteiger partial charge >= 0.3 is 5.97 Å². The molecule has 8 nitrogen and oxygen atoms in total. The van der Waals surface area contributed by atoms with Crippen molar-refractivity contribution < 1.29 is 33.6 Å². The fraction of sp³-hybridized carbons (Fsp3) is 0.444. The second kappa shape index (κ2) is 5.94. The lowest BCUT2D eigenvalue weighted by atomic mass is 10.1. The lowest BCUT2D eigenvalue weighted by molar-refractivity contribution is 0.0581. The quantitative estimate of drug-likeness (QED) is 0.409. The van der Waals surface area contributed by atoms with Crippen LogP contribution in [0.15, 0.2) is 16.3 Å². The minimum absolute atomic E-state index is 0.164. The molecule has 0 saturated carbocycles. The van der Waals surface area contributed by atoms with E-state index in [1.165, 1.54) is 0 Å².